The number of phenolic OH excluding ortho intramolecular Hbond substituents is 1. The highest BCUT2D eigenvalue weighted by Crippen LogP contribution is 2.38. The lowest BCUT2D eigenvalue weighted by Gasteiger charge is -2.22. The van der Waals surface area contributed by atoms with Crippen molar-refractivity contribution in [3.63, 3.8) is 0 Å². The summed E-state index contributed by atoms with van der Waals surface area (Å²) in [6, 6.07) is 13.3. The Kier molecular flexibility index (Phi) is 4.34. The number of aromatic hydroxyl groups is 1. The van der Waals surface area contributed by atoms with Gasteiger partial charge in [0.1, 0.15) is 11.5 Å². The minimum absolute atomic E-state index is 0.0227. The van der Waals surface area contributed by atoms with Crippen molar-refractivity contribution in [3.8, 4) is 11.5 Å². The van der Waals surface area contributed by atoms with E-state index in [1.54, 1.807) is 26.0 Å². The van der Waals surface area contributed by atoms with Gasteiger partial charge in [-0.05, 0) is 37.1 Å². The lowest BCUT2D eigenvalue weighted by Crippen LogP contribution is -2.17. The summed E-state index contributed by atoms with van der Waals surface area (Å²) in [5.74, 6) is 0.491. The van der Waals surface area contributed by atoms with Gasteiger partial charge in [0.05, 0.1) is 18.3 Å². The van der Waals surface area contributed by atoms with E-state index < -0.39 is 5.60 Å². The quantitative estimate of drug-likeness (QED) is 0.840. The van der Waals surface area contributed by atoms with E-state index in [0.29, 0.717) is 11.3 Å². The van der Waals surface area contributed by atoms with Gasteiger partial charge in [-0.2, -0.15) is 0 Å². The first-order chi connectivity index (χ1) is 9.91. The highest BCUT2D eigenvalue weighted by atomic mass is 16.5. The molecule has 0 saturated heterocycles. The molecule has 0 bridgehead atoms. The van der Waals surface area contributed by atoms with E-state index in [4.69, 9.17) is 4.74 Å². The van der Waals surface area contributed by atoms with E-state index in [1.165, 1.54) is 7.11 Å². The Morgan fingerprint density at radius 1 is 1.00 bits per heavy atom. The molecule has 0 saturated carbocycles. The maximum Gasteiger partial charge on any atom is 0.129 e. The predicted molar refractivity (Wildman–Crippen MR) is 85.3 cm³/mol. The monoisotopic (exact) mass is 284 g/mol. The third-order valence-corrected chi connectivity index (χ3v) is 3.20. The molecule has 110 valence electrons. The van der Waals surface area contributed by atoms with Crippen LogP contribution in [-0.4, -0.2) is 17.3 Å². The fraction of sp³-hybridized carbons (Fsp3) is 0.222. The first-order valence-electron chi connectivity index (χ1n) is 6.79. The summed E-state index contributed by atoms with van der Waals surface area (Å²) < 4.78 is 5.29. The Hall–Kier alpha value is -2.26. The first kappa shape index (κ1) is 15.1. The van der Waals surface area contributed by atoms with E-state index in [-0.39, 0.29) is 5.75 Å². The van der Waals surface area contributed by atoms with Crippen LogP contribution < -0.4 is 4.74 Å². The molecule has 0 spiro atoms. The third-order valence-electron chi connectivity index (χ3n) is 3.20. The fourth-order valence-electron chi connectivity index (χ4n) is 2.25. The minimum atomic E-state index is -1.17. The zero-order valence-corrected chi connectivity index (χ0v) is 12.5. The first-order valence-corrected chi connectivity index (χ1v) is 6.79. The Labute approximate surface area is 125 Å². The molecule has 2 rings (SSSR count). The van der Waals surface area contributed by atoms with Crippen LogP contribution in [0.15, 0.2) is 42.5 Å². The predicted octanol–water partition coefficient (Wildman–Crippen LogP) is 3.80. The van der Waals surface area contributed by atoms with E-state index >= 15 is 0 Å². The van der Waals surface area contributed by atoms with Crippen molar-refractivity contribution in [2.24, 2.45) is 0 Å². The molecule has 0 aliphatic carbocycles. The highest BCUT2D eigenvalue weighted by Gasteiger charge is 2.25. The molecule has 0 aromatic heterocycles. The second-order valence-electron chi connectivity index (χ2n) is 5.42. The summed E-state index contributed by atoms with van der Waals surface area (Å²) in [5, 5.41) is 20.3. The van der Waals surface area contributed by atoms with Crippen molar-refractivity contribution >= 4 is 12.2 Å². The van der Waals surface area contributed by atoms with Crippen LogP contribution in [0, 0.1) is 0 Å². The van der Waals surface area contributed by atoms with Crippen LogP contribution in [0.4, 0.5) is 0 Å². The molecular formula is C18H20O3. The van der Waals surface area contributed by atoms with E-state index in [1.807, 2.05) is 42.5 Å². The summed E-state index contributed by atoms with van der Waals surface area (Å²) in [7, 11) is 1.52. The minimum Gasteiger partial charge on any atom is -0.507 e. The van der Waals surface area contributed by atoms with Crippen molar-refractivity contribution in [3.05, 3.63) is 59.2 Å². The maximum absolute atomic E-state index is 10.2. The Morgan fingerprint density at radius 2 is 1.62 bits per heavy atom. The van der Waals surface area contributed by atoms with Crippen LogP contribution >= 0.6 is 0 Å². The van der Waals surface area contributed by atoms with Gasteiger partial charge in [0.2, 0.25) is 0 Å². The SMILES string of the molecule is COc1cc(/C=C/c2ccccc2)cc(O)c1C(C)(C)O. The molecule has 0 amide bonds. The normalized spacial score (nSPS) is 11.8. The molecule has 0 fully saturated rings. The zero-order valence-electron chi connectivity index (χ0n) is 12.5. The van der Waals surface area contributed by atoms with Crippen molar-refractivity contribution in [2.75, 3.05) is 7.11 Å². The van der Waals surface area contributed by atoms with E-state index in [0.717, 1.165) is 11.1 Å². The molecule has 21 heavy (non-hydrogen) atoms. The molecule has 2 aromatic carbocycles. The fourth-order valence-corrected chi connectivity index (χ4v) is 2.25. The molecule has 0 radical (unpaired) electrons. The molecule has 2 N–H and O–H groups in total. The summed E-state index contributed by atoms with van der Waals surface area (Å²) in [6.07, 6.45) is 3.85. The number of methoxy groups -OCH3 is 1. The highest BCUT2D eigenvalue weighted by molar-refractivity contribution is 5.72. The van der Waals surface area contributed by atoms with Gasteiger partial charge in [-0.25, -0.2) is 0 Å². The number of aliphatic hydroxyl groups is 1. The number of ether oxygens (including phenoxy) is 1. The van der Waals surface area contributed by atoms with Crippen molar-refractivity contribution in [2.45, 2.75) is 19.4 Å². The van der Waals surface area contributed by atoms with Gasteiger partial charge in [0, 0.05) is 0 Å². The summed E-state index contributed by atoms with van der Waals surface area (Å²) in [6.45, 7) is 3.23. The van der Waals surface area contributed by atoms with Gasteiger partial charge in [-0.3, -0.25) is 0 Å². The Morgan fingerprint density at radius 3 is 2.19 bits per heavy atom. The second-order valence-corrected chi connectivity index (χ2v) is 5.42. The second kappa shape index (κ2) is 6.02. The molecule has 0 aliphatic heterocycles. The molecule has 2 aromatic rings. The summed E-state index contributed by atoms with van der Waals surface area (Å²) >= 11 is 0. The van der Waals surface area contributed by atoms with Crippen LogP contribution in [0.5, 0.6) is 11.5 Å². The number of hydrogen-bond acceptors (Lipinski definition) is 3. The average molecular weight is 284 g/mol. The molecule has 3 nitrogen and oxygen atoms in total. The van der Waals surface area contributed by atoms with Crippen molar-refractivity contribution < 1.29 is 14.9 Å². The number of rotatable bonds is 4. The molecule has 3 heteroatoms. The molecule has 0 atom stereocenters. The molecular weight excluding hydrogens is 264 g/mol. The lowest BCUT2D eigenvalue weighted by atomic mass is 9.94. The maximum atomic E-state index is 10.2. The van der Waals surface area contributed by atoms with Gasteiger partial charge >= 0.3 is 0 Å². The van der Waals surface area contributed by atoms with E-state index in [2.05, 4.69) is 0 Å². The Bertz CT molecular complexity index is 638. The summed E-state index contributed by atoms with van der Waals surface area (Å²) in [5.41, 5.74) is 1.10. The van der Waals surface area contributed by atoms with Gasteiger partial charge in [-0.15, -0.1) is 0 Å². The number of hydrogen-bond donors (Lipinski definition) is 2. The summed E-state index contributed by atoms with van der Waals surface area (Å²) in [4.78, 5) is 0. The Balaban J connectivity index is 2.39. The molecule has 0 heterocycles. The van der Waals surface area contributed by atoms with Crippen molar-refractivity contribution in [1.29, 1.82) is 0 Å². The smallest absolute Gasteiger partial charge is 0.129 e. The largest absolute Gasteiger partial charge is 0.507 e. The van der Waals surface area contributed by atoms with Crippen LogP contribution in [0.2, 0.25) is 0 Å². The van der Waals surface area contributed by atoms with Gasteiger partial charge in [0.15, 0.2) is 0 Å². The van der Waals surface area contributed by atoms with Crippen LogP contribution in [0.25, 0.3) is 12.2 Å². The standard InChI is InChI=1S/C18H20O3/c1-18(2,20)17-15(19)11-14(12-16(17)21-3)10-9-13-7-5-4-6-8-13/h4-12,19-20H,1-3H3/b10-9+. The lowest BCUT2D eigenvalue weighted by molar-refractivity contribution is 0.0728. The van der Waals surface area contributed by atoms with Gasteiger partial charge in [0.25, 0.3) is 0 Å². The van der Waals surface area contributed by atoms with E-state index in [9.17, 15) is 10.2 Å². The van der Waals surface area contributed by atoms with Gasteiger partial charge in [-0.1, -0.05) is 42.5 Å². The zero-order chi connectivity index (χ0) is 15.5. The molecule has 0 aliphatic rings. The van der Waals surface area contributed by atoms with Crippen LogP contribution in [0.3, 0.4) is 0 Å². The van der Waals surface area contributed by atoms with Gasteiger partial charge < -0.3 is 14.9 Å². The van der Waals surface area contributed by atoms with Crippen molar-refractivity contribution in [1.82, 2.24) is 0 Å². The van der Waals surface area contributed by atoms with Crippen LogP contribution in [-0.2, 0) is 5.60 Å². The average Bonchev–Trinajstić information content (AvgIpc) is 2.44. The molecule has 0 unspecified atom stereocenters. The topological polar surface area (TPSA) is 49.7 Å². The number of benzene rings is 2. The number of phenols is 1. The third kappa shape index (κ3) is 3.64. The van der Waals surface area contributed by atoms with Crippen LogP contribution in [0.1, 0.15) is 30.5 Å².